The second kappa shape index (κ2) is 12.6. The average molecular weight is 618 g/mol. The Morgan fingerprint density at radius 2 is 0.551 bits per heavy atom. The van der Waals surface area contributed by atoms with E-state index in [0.29, 0.717) is 0 Å². The fourth-order valence-corrected chi connectivity index (χ4v) is 7.81. The Balaban J connectivity index is 1.42. The molecule has 8 aromatic carbocycles. The highest BCUT2D eigenvalue weighted by molar-refractivity contribution is 6.68. The highest BCUT2D eigenvalue weighted by Crippen LogP contribution is 2.45. The van der Waals surface area contributed by atoms with Crippen LogP contribution in [0.3, 0.4) is 0 Å². The van der Waals surface area contributed by atoms with Crippen molar-refractivity contribution in [1.82, 2.24) is 0 Å². The van der Waals surface area contributed by atoms with E-state index in [1.807, 2.05) is 0 Å². The van der Waals surface area contributed by atoms with Gasteiger partial charge in [-0.05, 0) is 83.2 Å². The molecule has 0 aliphatic carbocycles. The Hall–Kier alpha value is -5.40. The van der Waals surface area contributed by atoms with Gasteiger partial charge in [-0.15, -0.1) is 16.4 Å². The molecular formula is C44H35B5. The van der Waals surface area contributed by atoms with Gasteiger partial charge in [-0.25, -0.2) is 0 Å². The van der Waals surface area contributed by atoms with Gasteiger partial charge in [0.15, 0.2) is 0 Å². The maximum absolute atomic E-state index is 2.47. The molecule has 49 heavy (non-hydrogen) atoms. The molecule has 0 aromatic heterocycles. The zero-order valence-corrected chi connectivity index (χ0v) is 28.9. The third-order valence-electron chi connectivity index (χ3n) is 10.9. The summed E-state index contributed by atoms with van der Waals surface area (Å²) in [4.78, 5) is 0. The van der Waals surface area contributed by atoms with Gasteiger partial charge in [0.1, 0.15) is 39.2 Å². The van der Waals surface area contributed by atoms with Gasteiger partial charge in [-0.3, -0.25) is 0 Å². The highest BCUT2D eigenvalue weighted by Gasteiger charge is 2.19. The summed E-state index contributed by atoms with van der Waals surface area (Å²) in [5, 5.41) is 5.09. The SMILES string of the molecule is Bc1c(B)c(B)c(-c2ccc3c(-c4ccc(-c5ccccc5)cc4)c4ccccc4c(-c4ccc(-c5ccccc5)cc4)c3c2)c(B)c1B. The Labute approximate surface area is 294 Å². The van der Waals surface area contributed by atoms with Gasteiger partial charge in [-0.1, -0.05) is 157 Å². The Kier molecular flexibility index (Phi) is 7.93. The van der Waals surface area contributed by atoms with Gasteiger partial charge in [0, 0.05) is 0 Å². The smallest absolute Gasteiger partial charge is 0.102 e. The first-order valence-electron chi connectivity index (χ1n) is 17.3. The van der Waals surface area contributed by atoms with Crippen LogP contribution in [0.15, 0.2) is 152 Å². The zero-order chi connectivity index (χ0) is 33.6. The Morgan fingerprint density at radius 3 is 1.02 bits per heavy atom. The molecule has 0 N–H and O–H groups in total. The van der Waals surface area contributed by atoms with Crippen molar-refractivity contribution in [1.29, 1.82) is 0 Å². The molecular weight excluding hydrogens is 583 g/mol. The molecule has 0 fully saturated rings. The lowest BCUT2D eigenvalue weighted by molar-refractivity contribution is 1.60. The minimum atomic E-state index is 1.23. The van der Waals surface area contributed by atoms with Crippen molar-refractivity contribution < 1.29 is 0 Å². The summed E-state index contributed by atoms with van der Waals surface area (Å²) in [7, 11) is 11.4. The molecule has 0 radical (unpaired) electrons. The predicted molar refractivity (Wildman–Crippen MR) is 230 cm³/mol. The van der Waals surface area contributed by atoms with E-state index in [9.17, 15) is 0 Å². The fourth-order valence-electron chi connectivity index (χ4n) is 7.81. The summed E-state index contributed by atoms with van der Waals surface area (Å²) >= 11 is 0. The van der Waals surface area contributed by atoms with Gasteiger partial charge >= 0.3 is 0 Å². The quantitative estimate of drug-likeness (QED) is 0.205. The van der Waals surface area contributed by atoms with Crippen molar-refractivity contribution in [2.24, 2.45) is 0 Å². The summed E-state index contributed by atoms with van der Waals surface area (Å²) in [5.41, 5.74) is 19.5. The van der Waals surface area contributed by atoms with Gasteiger partial charge in [0.2, 0.25) is 0 Å². The highest BCUT2D eigenvalue weighted by atomic mass is 14.2. The second-order valence-corrected chi connectivity index (χ2v) is 13.4. The van der Waals surface area contributed by atoms with Crippen LogP contribution in [-0.4, -0.2) is 39.2 Å². The molecule has 5 heteroatoms. The maximum Gasteiger partial charge on any atom is 0.139 e. The summed E-state index contributed by atoms with van der Waals surface area (Å²) in [6, 6.07) is 55.7. The van der Waals surface area contributed by atoms with Crippen LogP contribution in [0, 0.1) is 0 Å². The molecule has 0 aliphatic rings. The van der Waals surface area contributed by atoms with E-state index in [2.05, 4.69) is 191 Å². The minimum absolute atomic E-state index is 1.23. The normalized spacial score (nSPS) is 11.3. The van der Waals surface area contributed by atoms with Crippen LogP contribution >= 0.6 is 0 Å². The van der Waals surface area contributed by atoms with Crippen LogP contribution in [0.5, 0.6) is 0 Å². The van der Waals surface area contributed by atoms with Gasteiger partial charge in [0.05, 0.1) is 0 Å². The lowest BCUT2D eigenvalue weighted by Gasteiger charge is -2.22. The molecule has 0 nitrogen and oxygen atoms in total. The van der Waals surface area contributed by atoms with Crippen molar-refractivity contribution in [3.8, 4) is 55.6 Å². The third kappa shape index (κ3) is 5.35. The number of benzene rings is 8. The van der Waals surface area contributed by atoms with Gasteiger partial charge in [-0.2, -0.15) is 0 Å². The van der Waals surface area contributed by atoms with E-state index in [-0.39, 0.29) is 0 Å². The molecule has 0 bridgehead atoms. The van der Waals surface area contributed by atoms with Crippen LogP contribution in [0.1, 0.15) is 0 Å². The van der Waals surface area contributed by atoms with Crippen molar-refractivity contribution >= 4 is 88.1 Å². The molecule has 0 heterocycles. The molecule has 0 aliphatic heterocycles. The van der Waals surface area contributed by atoms with Crippen molar-refractivity contribution in [2.45, 2.75) is 0 Å². The molecule has 0 saturated heterocycles. The predicted octanol–water partition coefficient (Wildman–Crippen LogP) is 3.62. The Morgan fingerprint density at radius 1 is 0.224 bits per heavy atom. The summed E-state index contributed by atoms with van der Waals surface area (Å²) in [6.07, 6.45) is 0. The zero-order valence-electron chi connectivity index (χ0n) is 28.9. The van der Waals surface area contributed by atoms with Crippen LogP contribution < -0.4 is 27.3 Å². The van der Waals surface area contributed by atoms with Crippen molar-refractivity contribution in [3.05, 3.63) is 152 Å². The van der Waals surface area contributed by atoms with Crippen LogP contribution in [0.25, 0.3) is 77.2 Å². The summed E-state index contributed by atoms with van der Waals surface area (Å²) in [5.74, 6) is 0. The summed E-state index contributed by atoms with van der Waals surface area (Å²) in [6.45, 7) is 0. The summed E-state index contributed by atoms with van der Waals surface area (Å²) < 4.78 is 0. The van der Waals surface area contributed by atoms with Gasteiger partial charge in [0.25, 0.3) is 0 Å². The first-order valence-corrected chi connectivity index (χ1v) is 17.3. The first kappa shape index (κ1) is 30.9. The molecule has 8 rings (SSSR count). The largest absolute Gasteiger partial charge is 0.139 e. The molecule has 0 atom stereocenters. The fraction of sp³-hybridized carbons (Fsp3) is 0. The van der Waals surface area contributed by atoms with Crippen LogP contribution in [0.4, 0.5) is 0 Å². The number of hydrogen-bond donors (Lipinski definition) is 0. The molecule has 226 valence electrons. The molecule has 0 saturated carbocycles. The minimum Gasteiger partial charge on any atom is -0.102 e. The Bertz CT molecular complexity index is 2480. The first-order chi connectivity index (χ1) is 23.9. The number of rotatable bonds is 5. The molecule has 0 unspecified atom stereocenters. The van der Waals surface area contributed by atoms with Crippen LogP contribution in [0.2, 0.25) is 0 Å². The van der Waals surface area contributed by atoms with Crippen molar-refractivity contribution in [2.75, 3.05) is 0 Å². The van der Waals surface area contributed by atoms with Crippen LogP contribution in [-0.2, 0) is 0 Å². The third-order valence-corrected chi connectivity index (χ3v) is 10.9. The molecule has 8 aromatic rings. The lowest BCUT2D eigenvalue weighted by atomic mass is 9.59. The topological polar surface area (TPSA) is 0 Å². The van der Waals surface area contributed by atoms with E-state index in [1.165, 1.54) is 104 Å². The van der Waals surface area contributed by atoms with E-state index in [1.54, 1.807) is 0 Å². The van der Waals surface area contributed by atoms with E-state index < -0.39 is 0 Å². The number of hydrogen-bond acceptors (Lipinski definition) is 0. The maximum atomic E-state index is 2.47. The van der Waals surface area contributed by atoms with E-state index >= 15 is 0 Å². The van der Waals surface area contributed by atoms with E-state index in [0.717, 1.165) is 0 Å². The van der Waals surface area contributed by atoms with E-state index in [4.69, 9.17) is 0 Å². The molecule has 0 spiro atoms. The van der Waals surface area contributed by atoms with Gasteiger partial charge < -0.3 is 0 Å². The monoisotopic (exact) mass is 618 g/mol. The van der Waals surface area contributed by atoms with Crippen molar-refractivity contribution in [3.63, 3.8) is 0 Å². The number of fused-ring (bicyclic) bond motifs is 2. The standard InChI is InChI=1S/C44H35B5/c45-40-39(41(46)43(48)44(49)42(40)47)32-23-24-35-36(25-32)38(31-21-17-29(18-22-31)27-11-5-2-6-12-27)34-14-8-7-13-33(34)37(35)30-19-15-28(16-20-30)26-9-3-1-4-10-26/h1-25H,45-49H2. The lowest BCUT2D eigenvalue weighted by Crippen LogP contribution is -2.55. The second-order valence-electron chi connectivity index (χ2n) is 13.4. The average Bonchev–Trinajstić information content (AvgIpc) is 3.16. The molecule has 0 amide bonds.